The van der Waals surface area contributed by atoms with Crippen LogP contribution < -0.4 is 19.7 Å². The number of barbiturate groups is 1. The number of nitrogens with one attached hydrogen (secondary N) is 1. The maximum atomic E-state index is 12.8. The summed E-state index contributed by atoms with van der Waals surface area (Å²) in [5.41, 5.74) is 0.783. The van der Waals surface area contributed by atoms with Crippen molar-refractivity contribution in [3.05, 3.63) is 58.1 Å². The number of ether oxygens (including phenoxy) is 2. The van der Waals surface area contributed by atoms with Crippen LogP contribution in [-0.2, 0) is 9.59 Å². The van der Waals surface area contributed by atoms with Gasteiger partial charge in [-0.25, -0.2) is 9.69 Å². The van der Waals surface area contributed by atoms with Gasteiger partial charge in [0.25, 0.3) is 11.8 Å². The van der Waals surface area contributed by atoms with Crippen LogP contribution in [0.3, 0.4) is 0 Å². The predicted octanol–water partition coefficient (Wildman–Crippen LogP) is 2.84. The number of fused-ring (bicyclic) bond motifs is 1. The van der Waals surface area contributed by atoms with Crippen LogP contribution in [0, 0.1) is 0 Å². The molecule has 0 radical (unpaired) electrons. The van der Waals surface area contributed by atoms with Crippen molar-refractivity contribution in [1.29, 1.82) is 0 Å². The highest BCUT2D eigenvalue weighted by molar-refractivity contribution is 9.10. The van der Waals surface area contributed by atoms with E-state index in [1.807, 2.05) is 0 Å². The zero-order valence-corrected chi connectivity index (χ0v) is 14.8. The Balaban J connectivity index is 1.72. The molecule has 0 atom stereocenters. The molecular weight excluding hydrogens is 404 g/mol. The van der Waals surface area contributed by atoms with Crippen molar-refractivity contribution in [2.75, 3.05) is 11.7 Å². The third kappa shape index (κ3) is 2.84. The van der Waals surface area contributed by atoms with Crippen molar-refractivity contribution in [3.8, 4) is 11.5 Å². The zero-order chi connectivity index (χ0) is 18.3. The van der Waals surface area contributed by atoms with Crippen LogP contribution in [0.4, 0.5) is 10.5 Å². The molecule has 4 amide bonds. The van der Waals surface area contributed by atoms with Gasteiger partial charge in [-0.15, -0.1) is 0 Å². The topological polar surface area (TPSA) is 84.9 Å². The van der Waals surface area contributed by atoms with Crippen LogP contribution in [0.15, 0.2) is 52.5 Å². The van der Waals surface area contributed by atoms with E-state index in [0.717, 1.165) is 4.90 Å². The Morgan fingerprint density at radius 3 is 2.65 bits per heavy atom. The van der Waals surface area contributed by atoms with E-state index in [9.17, 15) is 14.4 Å². The maximum absolute atomic E-state index is 12.8. The number of nitrogens with zero attached hydrogens (tertiary/aromatic N) is 1. The zero-order valence-electron chi connectivity index (χ0n) is 13.2. The van der Waals surface area contributed by atoms with Crippen molar-refractivity contribution in [3.63, 3.8) is 0 Å². The molecule has 0 aromatic heterocycles. The Bertz CT molecular complexity index is 985. The summed E-state index contributed by atoms with van der Waals surface area (Å²) in [6.07, 6.45) is 1.41. The van der Waals surface area contributed by atoms with E-state index in [0.29, 0.717) is 27.2 Å². The number of benzene rings is 2. The molecule has 130 valence electrons. The summed E-state index contributed by atoms with van der Waals surface area (Å²) < 4.78 is 11.2. The van der Waals surface area contributed by atoms with Gasteiger partial charge in [-0.05, 0) is 42.0 Å². The molecule has 1 saturated heterocycles. The second kappa shape index (κ2) is 6.30. The number of amides is 4. The molecule has 1 fully saturated rings. The SMILES string of the molecule is O=C1NC(=O)N(c2cccc(Br)c2)C(=O)/C1=C/c1ccc2c(c1)OCO2. The van der Waals surface area contributed by atoms with Gasteiger partial charge in [0.1, 0.15) is 5.57 Å². The number of hydrogen-bond acceptors (Lipinski definition) is 5. The van der Waals surface area contributed by atoms with Gasteiger partial charge >= 0.3 is 6.03 Å². The summed E-state index contributed by atoms with van der Waals surface area (Å²) in [6, 6.07) is 10.9. The minimum atomic E-state index is -0.791. The average molecular weight is 415 g/mol. The lowest BCUT2D eigenvalue weighted by Gasteiger charge is -2.26. The van der Waals surface area contributed by atoms with Crippen LogP contribution in [-0.4, -0.2) is 24.6 Å². The lowest BCUT2D eigenvalue weighted by atomic mass is 10.1. The Morgan fingerprint density at radius 1 is 1.04 bits per heavy atom. The van der Waals surface area contributed by atoms with E-state index in [4.69, 9.17) is 9.47 Å². The summed E-state index contributed by atoms with van der Waals surface area (Å²) >= 11 is 3.30. The highest BCUT2D eigenvalue weighted by Crippen LogP contribution is 2.33. The Labute approximate surface area is 156 Å². The summed E-state index contributed by atoms with van der Waals surface area (Å²) in [6.45, 7) is 0.125. The second-order valence-corrected chi connectivity index (χ2v) is 6.47. The Morgan fingerprint density at radius 2 is 1.85 bits per heavy atom. The first-order valence-corrected chi connectivity index (χ1v) is 8.39. The third-order valence-electron chi connectivity index (χ3n) is 3.88. The van der Waals surface area contributed by atoms with Crippen molar-refractivity contribution in [2.24, 2.45) is 0 Å². The van der Waals surface area contributed by atoms with E-state index in [-0.39, 0.29) is 12.4 Å². The van der Waals surface area contributed by atoms with Gasteiger partial charge in [-0.3, -0.25) is 14.9 Å². The predicted molar refractivity (Wildman–Crippen MR) is 95.7 cm³/mol. The van der Waals surface area contributed by atoms with Crippen LogP contribution in [0.2, 0.25) is 0 Å². The van der Waals surface area contributed by atoms with Crippen LogP contribution >= 0.6 is 15.9 Å². The van der Waals surface area contributed by atoms with Gasteiger partial charge in [0.05, 0.1) is 5.69 Å². The first kappa shape index (κ1) is 16.3. The van der Waals surface area contributed by atoms with Crippen LogP contribution in [0.5, 0.6) is 11.5 Å². The molecule has 4 rings (SSSR count). The molecule has 0 unspecified atom stereocenters. The van der Waals surface area contributed by atoms with Gasteiger partial charge in [-0.2, -0.15) is 0 Å². The van der Waals surface area contributed by atoms with Crippen molar-refractivity contribution < 1.29 is 23.9 Å². The quantitative estimate of drug-likeness (QED) is 0.603. The largest absolute Gasteiger partial charge is 0.454 e. The summed E-state index contributed by atoms with van der Waals surface area (Å²) in [5, 5.41) is 2.19. The van der Waals surface area contributed by atoms with E-state index in [1.165, 1.54) is 6.08 Å². The number of anilines is 1. The van der Waals surface area contributed by atoms with Crippen molar-refractivity contribution in [2.45, 2.75) is 0 Å². The molecule has 0 saturated carbocycles. The Hall–Kier alpha value is -3.13. The fourth-order valence-corrected chi connectivity index (χ4v) is 3.06. The molecular formula is C18H11BrN2O5. The van der Waals surface area contributed by atoms with Gasteiger partial charge in [-0.1, -0.05) is 28.1 Å². The lowest BCUT2D eigenvalue weighted by molar-refractivity contribution is -0.122. The van der Waals surface area contributed by atoms with Gasteiger partial charge in [0, 0.05) is 4.47 Å². The second-order valence-electron chi connectivity index (χ2n) is 5.55. The maximum Gasteiger partial charge on any atom is 0.335 e. The van der Waals surface area contributed by atoms with Crippen LogP contribution in [0.1, 0.15) is 5.56 Å². The third-order valence-corrected chi connectivity index (χ3v) is 4.37. The van der Waals surface area contributed by atoms with Gasteiger partial charge in [0.2, 0.25) is 6.79 Å². The number of halogens is 1. The molecule has 2 aliphatic rings. The number of rotatable bonds is 2. The molecule has 2 aromatic carbocycles. The first-order chi connectivity index (χ1) is 12.5. The highest BCUT2D eigenvalue weighted by Gasteiger charge is 2.36. The molecule has 8 heteroatoms. The smallest absolute Gasteiger partial charge is 0.335 e. The molecule has 26 heavy (non-hydrogen) atoms. The number of carbonyl (C=O) groups is 3. The average Bonchev–Trinajstić information content (AvgIpc) is 3.06. The van der Waals surface area contributed by atoms with E-state index < -0.39 is 17.8 Å². The van der Waals surface area contributed by atoms with Crippen LogP contribution in [0.25, 0.3) is 6.08 Å². The molecule has 0 bridgehead atoms. The molecule has 0 aliphatic carbocycles. The van der Waals surface area contributed by atoms with E-state index in [1.54, 1.807) is 42.5 Å². The fourth-order valence-electron chi connectivity index (χ4n) is 2.68. The number of imide groups is 2. The minimum Gasteiger partial charge on any atom is -0.454 e. The fraction of sp³-hybridized carbons (Fsp3) is 0.0556. The van der Waals surface area contributed by atoms with Crippen molar-refractivity contribution >= 4 is 45.5 Å². The molecule has 0 spiro atoms. The number of urea groups is 1. The lowest BCUT2D eigenvalue weighted by Crippen LogP contribution is -2.54. The monoisotopic (exact) mass is 414 g/mol. The molecule has 7 nitrogen and oxygen atoms in total. The number of carbonyl (C=O) groups excluding carboxylic acids is 3. The summed E-state index contributed by atoms with van der Waals surface area (Å²) in [5.74, 6) is -0.320. The summed E-state index contributed by atoms with van der Waals surface area (Å²) in [7, 11) is 0. The minimum absolute atomic E-state index is 0.125. The Kier molecular flexibility index (Phi) is 3.96. The molecule has 1 N–H and O–H groups in total. The summed E-state index contributed by atoms with van der Waals surface area (Å²) in [4.78, 5) is 38.1. The molecule has 2 aliphatic heterocycles. The molecule has 2 aromatic rings. The van der Waals surface area contributed by atoms with E-state index >= 15 is 0 Å². The number of hydrogen-bond donors (Lipinski definition) is 1. The van der Waals surface area contributed by atoms with E-state index in [2.05, 4.69) is 21.2 Å². The molecule has 2 heterocycles. The van der Waals surface area contributed by atoms with Crippen molar-refractivity contribution in [1.82, 2.24) is 5.32 Å². The van der Waals surface area contributed by atoms with Gasteiger partial charge in [0.15, 0.2) is 11.5 Å². The normalized spacial score (nSPS) is 17.7. The standard InChI is InChI=1S/C18H11BrN2O5/c19-11-2-1-3-12(8-11)21-17(23)13(16(22)20-18(21)24)6-10-4-5-14-15(7-10)26-9-25-14/h1-8H,9H2,(H,20,22,24)/b13-6+. The highest BCUT2D eigenvalue weighted by atomic mass is 79.9. The first-order valence-electron chi connectivity index (χ1n) is 7.59. The van der Waals surface area contributed by atoms with Gasteiger partial charge < -0.3 is 9.47 Å².